The first-order chi connectivity index (χ1) is 15.2. The highest BCUT2D eigenvalue weighted by atomic mass is 16.5. The van der Waals surface area contributed by atoms with Gasteiger partial charge in [-0.1, -0.05) is 36.4 Å². The predicted molar refractivity (Wildman–Crippen MR) is 125 cm³/mol. The minimum absolute atomic E-state index is 0.328. The van der Waals surface area contributed by atoms with Crippen LogP contribution in [0.4, 0.5) is 11.4 Å². The van der Waals surface area contributed by atoms with Gasteiger partial charge in [0, 0.05) is 42.0 Å². The quantitative estimate of drug-likeness (QED) is 0.563. The molecule has 0 atom stereocenters. The number of nitrogens with zero attached hydrogens (tertiary/aromatic N) is 3. The first-order valence-electron chi connectivity index (χ1n) is 11.4. The molecule has 160 valence electrons. The minimum atomic E-state index is -0.328. The van der Waals surface area contributed by atoms with E-state index in [-0.39, 0.29) is 5.97 Å². The van der Waals surface area contributed by atoms with Crippen molar-refractivity contribution in [3.05, 3.63) is 65.5 Å². The fourth-order valence-corrected chi connectivity index (χ4v) is 4.94. The summed E-state index contributed by atoms with van der Waals surface area (Å²) in [6.07, 6.45) is 4.62. The van der Waals surface area contributed by atoms with E-state index in [1.807, 2.05) is 13.0 Å². The van der Waals surface area contributed by atoms with E-state index in [4.69, 9.17) is 9.72 Å². The van der Waals surface area contributed by atoms with Crippen molar-refractivity contribution in [2.45, 2.75) is 39.2 Å². The maximum Gasteiger partial charge on any atom is 0.356 e. The molecule has 0 N–H and O–H groups in total. The van der Waals surface area contributed by atoms with Crippen molar-refractivity contribution in [3.8, 4) is 0 Å². The van der Waals surface area contributed by atoms with Gasteiger partial charge in [-0.15, -0.1) is 0 Å². The number of carbonyl (C=O) groups excluding carboxylic acids is 1. The molecule has 31 heavy (non-hydrogen) atoms. The third-order valence-electron chi connectivity index (χ3n) is 6.45. The minimum Gasteiger partial charge on any atom is -0.461 e. The Morgan fingerprint density at radius 2 is 1.77 bits per heavy atom. The number of esters is 1. The summed E-state index contributed by atoms with van der Waals surface area (Å²) in [7, 11) is 0. The van der Waals surface area contributed by atoms with E-state index in [1.54, 1.807) is 0 Å². The van der Waals surface area contributed by atoms with Crippen molar-refractivity contribution in [1.82, 2.24) is 4.98 Å². The highest BCUT2D eigenvalue weighted by molar-refractivity contribution is 5.94. The van der Waals surface area contributed by atoms with Crippen molar-refractivity contribution in [2.24, 2.45) is 0 Å². The van der Waals surface area contributed by atoms with Crippen molar-refractivity contribution in [3.63, 3.8) is 0 Å². The van der Waals surface area contributed by atoms with Crippen LogP contribution in [-0.4, -0.2) is 37.2 Å². The third kappa shape index (κ3) is 3.85. The molecule has 1 aromatic heterocycles. The molecule has 0 saturated carbocycles. The Morgan fingerprint density at radius 1 is 0.968 bits per heavy atom. The average Bonchev–Trinajstić information content (AvgIpc) is 2.83. The first kappa shape index (κ1) is 19.9. The summed E-state index contributed by atoms with van der Waals surface area (Å²) in [4.78, 5) is 22.2. The number of carbonyl (C=O) groups is 1. The first-order valence-corrected chi connectivity index (χ1v) is 11.4. The normalized spacial score (nSPS) is 16.3. The number of ether oxygens (including phenoxy) is 1. The molecule has 2 aliphatic heterocycles. The summed E-state index contributed by atoms with van der Waals surface area (Å²) in [5, 5.41) is 2.50. The Bertz CT molecular complexity index is 1100. The summed E-state index contributed by atoms with van der Waals surface area (Å²) in [6.45, 7) is 5.94. The van der Waals surface area contributed by atoms with Crippen LogP contribution >= 0.6 is 0 Å². The lowest BCUT2D eigenvalue weighted by Gasteiger charge is -2.36. The van der Waals surface area contributed by atoms with Gasteiger partial charge in [0.15, 0.2) is 5.69 Å². The van der Waals surface area contributed by atoms with Crippen LogP contribution in [-0.2, 0) is 17.7 Å². The molecule has 5 nitrogen and oxygen atoms in total. The monoisotopic (exact) mass is 415 g/mol. The van der Waals surface area contributed by atoms with Crippen LogP contribution < -0.4 is 9.80 Å². The smallest absolute Gasteiger partial charge is 0.356 e. The molecule has 2 aromatic carbocycles. The van der Waals surface area contributed by atoms with Crippen molar-refractivity contribution in [1.29, 1.82) is 0 Å². The number of piperidine rings is 1. The van der Waals surface area contributed by atoms with E-state index in [2.05, 4.69) is 52.3 Å². The summed E-state index contributed by atoms with van der Waals surface area (Å²) in [6, 6.07) is 16.9. The fraction of sp³-hybridized carbons (Fsp3) is 0.385. The Kier molecular flexibility index (Phi) is 5.49. The fourth-order valence-electron chi connectivity index (χ4n) is 4.94. The molecule has 3 heterocycles. The molecule has 2 aliphatic rings. The van der Waals surface area contributed by atoms with E-state index in [0.29, 0.717) is 18.8 Å². The van der Waals surface area contributed by atoms with Gasteiger partial charge >= 0.3 is 5.97 Å². The van der Waals surface area contributed by atoms with Gasteiger partial charge in [-0.25, -0.2) is 9.78 Å². The van der Waals surface area contributed by atoms with Crippen LogP contribution in [0.2, 0.25) is 0 Å². The van der Waals surface area contributed by atoms with Gasteiger partial charge in [0.2, 0.25) is 0 Å². The Hall–Kier alpha value is -3.08. The lowest BCUT2D eigenvalue weighted by atomic mass is 9.98. The zero-order valence-corrected chi connectivity index (χ0v) is 18.1. The Morgan fingerprint density at radius 3 is 2.61 bits per heavy atom. The molecule has 3 aromatic rings. The number of rotatable bonds is 4. The van der Waals surface area contributed by atoms with Crippen LogP contribution in [0.1, 0.15) is 47.9 Å². The lowest BCUT2D eigenvalue weighted by molar-refractivity contribution is 0.0519. The van der Waals surface area contributed by atoms with Gasteiger partial charge in [0.25, 0.3) is 0 Å². The second-order valence-corrected chi connectivity index (χ2v) is 8.39. The largest absolute Gasteiger partial charge is 0.461 e. The second kappa shape index (κ2) is 8.58. The molecule has 1 fully saturated rings. The molecular weight excluding hydrogens is 386 g/mol. The zero-order valence-electron chi connectivity index (χ0n) is 18.1. The molecular formula is C26H29N3O2. The molecule has 0 unspecified atom stereocenters. The molecule has 0 aliphatic carbocycles. The summed E-state index contributed by atoms with van der Waals surface area (Å²) in [5.41, 5.74) is 5.15. The van der Waals surface area contributed by atoms with Crippen molar-refractivity contribution < 1.29 is 9.53 Å². The number of fused-ring (bicyclic) bond motifs is 2. The zero-order chi connectivity index (χ0) is 21.2. The second-order valence-electron chi connectivity index (χ2n) is 8.39. The van der Waals surface area contributed by atoms with Gasteiger partial charge in [-0.05, 0) is 50.1 Å². The van der Waals surface area contributed by atoms with Crippen LogP contribution in [0.3, 0.4) is 0 Å². The SMILES string of the molecule is CCOC(=O)c1cc(N2CCCCC2)c2c(n1)CN(c1cccc3ccccc13)CC2. The van der Waals surface area contributed by atoms with Gasteiger partial charge in [-0.2, -0.15) is 0 Å². The molecule has 0 bridgehead atoms. The third-order valence-corrected chi connectivity index (χ3v) is 6.45. The molecule has 0 spiro atoms. The van der Waals surface area contributed by atoms with Gasteiger partial charge < -0.3 is 14.5 Å². The maximum atomic E-state index is 12.6. The topological polar surface area (TPSA) is 45.7 Å². The highest BCUT2D eigenvalue weighted by Gasteiger charge is 2.27. The molecule has 0 amide bonds. The van der Waals surface area contributed by atoms with E-state index >= 15 is 0 Å². The predicted octanol–water partition coefficient (Wildman–Crippen LogP) is 4.96. The Balaban J connectivity index is 1.54. The summed E-state index contributed by atoms with van der Waals surface area (Å²) >= 11 is 0. The number of hydrogen-bond acceptors (Lipinski definition) is 5. The lowest BCUT2D eigenvalue weighted by Crippen LogP contribution is -2.36. The van der Waals surface area contributed by atoms with E-state index in [0.717, 1.165) is 31.7 Å². The van der Waals surface area contributed by atoms with Crippen LogP contribution in [0.15, 0.2) is 48.5 Å². The van der Waals surface area contributed by atoms with Crippen molar-refractivity contribution >= 4 is 28.1 Å². The van der Waals surface area contributed by atoms with Crippen molar-refractivity contribution in [2.75, 3.05) is 36.0 Å². The molecule has 5 heteroatoms. The number of aromatic nitrogens is 1. The number of benzene rings is 2. The summed E-state index contributed by atoms with van der Waals surface area (Å²) in [5.74, 6) is -0.328. The molecule has 5 rings (SSSR count). The molecule has 0 radical (unpaired) electrons. The highest BCUT2D eigenvalue weighted by Crippen LogP contribution is 2.35. The van der Waals surface area contributed by atoms with Gasteiger partial charge in [-0.3, -0.25) is 0 Å². The van der Waals surface area contributed by atoms with Crippen LogP contribution in [0.25, 0.3) is 10.8 Å². The Labute approximate surface area is 183 Å². The maximum absolute atomic E-state index is 12.6. The van der Waals surface area contributed by atoms with Gasteiger partial charge in [0.05, 0.1) is 18.8 Å². The number of hydrogen-bond donors (Lipinski definition) is 0. The van der Waals surface area contributed by atoms with Crippen LogP contribution in [0.5, 0.6) is 0 Å². The molecule has 1 saturated heterocycles. The average molecular weight is 416 g/mol. The van der Waals surface area contributed by atoms with E-state index in [9.17, 15) is 4.79 Å². The van der Waals surface area contributed by atoms with E-state index < -0.39 is 0 Å². The van der Waals surface area contributed by atoms with E-state index in [1.165, 1.54) is 47.0 Å². The van der Waals surface area contributed by atoms with Gasteiger partial charge in [0.1, 0.15) is 0 Å². The van der Waals surface area contributed by atoms with Crippen LogP contribution in [0, 0.1) is 0 Å². The number of pyridine rings is 1. The number of anilines is 2. The summed E-state index contributed by atoms with van der Waals surface area (Å²) < 4.78 is 5.30. The standard InChI is InChI=1S/C26H29N3O2/c1-2-31-26(30)22-17-25(28-14-6-3-7-15-28)21-13-16-29(18-23(21)27-22)24-12-8-10-19-9-4-5-11-20(19)24/h4-5,8-12,17H,2-3,6-7,13-16,18H2,1H3.